The van der Waals surface area contributed by atoms with Crippen molar-refractivity contribution in [3.63, 3.8) is 0 Å². The Bertz CT molecular complexity index is 532. The van der Waals surface area contributed by atoms with Gasteiger partial charge in [-0.3, -0.25) is 9.59 Å². The van der Waals surface area contributed by atoms with E-state index in [-0.39, 0.29) is 11.8 Å². The average molecular weight is 318 g/mol. The van der Waals surface area contributed by atoms with Crippen LogP contribution in [0.3, 0.4) is 0 Å². The predicted molar refractivity (Wildman–Crippen MR) is 88.8 cm³/mol. The molecule has 0 radical (unpaired) electrons. The van der Waals surface area contributed by atoms with E-state index in [2.05, 4.69) is 5.32 Å². The molecule has 0 unspecified atom stereocenters. The summed E-state index contributed by atoms with van der Waals surface area (Å²) >= 11 is 0. The van der Waals surface area contributed by atoms with Crippen LogP contribution in [-0.2, 0) is 16.0 Å². The highest BCUT2D eigenvalue weighted by molar-refractivity contribution is 5.77. The Morgan fingerprint density at radius 3 is 2.70 bits per heavy atom. The number of carbonyl (C=O) groups is 2. The maximum absolute atomic E-state index is 12.4. The number of amides is 2. The smallest absolute Gasteiger partial charge is 0.222 e. The second-order valence-corrected chi connectivity index (χ2v) is 6.30. The van der Waals surface area contributed by atoms with Crippen LogP contribution in [0.2, 0.25) is 0 Å². The fraction of sp³-hybridized carbons (Fsp3) is 0.556. The Morgan fingerprint density at radius 2 is 2.00 bits per heavy atom. The lowest BCUT2D eigenvalue weighted by atomic mass is 9.88. The molecule has 126 valence electrons. The number of hydrogen-bond donors (Lipinski definition) is 2. The Morgan fingerprint density at radius 1 is 1.26 bits per heavy atom. The van der Waals surface area contributed by atoms with E-state index in [0.717, 1.165) is 12.0 Å². The number of hydrogen-bond acceptors (Lipinski definition) is 3. The minimum atomic E-state index is -0.937. The van der Waals surface area contributed by atoms with Crippen LogP contribution in [0.15, 0.2) is 30.3 Å². The second-order valence-electron chi connectivity index (χ2n) is 6.30. The molecular formula is C18H26N2O3. The van der Waals surface area contributed by atoms with Crippen molar-refractivity contribution in [2.75, 3.05) is 20.1 Å². The number of benzene rings is 1. The van der Waals surface area contributed by atoms with Crippen molar-refractivity contribution in [1.82, 2.24) is 10.2 Å². The van der Waals surface area contributed by atoms with Gasteiger partial charge < -0.3 is 15.3 Å². The third kappa shape index (κ3) is 5.36. The number of carbonyl (C=O) groups excluding carboxylic acids is 2. The van der Waals surface area contributed by atoms with Gasteiger partial charge in [-0.15, -0.1) is 0 Å². The van der Waals surface area contributed by atoms with E-state index < -0.39 is 5.60 Å². The lowest BCUT2D eigenvalue weighted by molar-refractivity contribution is -0.139. The molecule has 23 heavy (non-hydrogen) atoms. The molecule has 5 nitrogen and oxygen atoms in total. The van der Waals surface area contributed by atoms with Gasteiger partial charge in [0.25, 0.3) is 0 Å². The van der Waals surface area contributed by atoms with Crippen LogP contribution in [0.1, 0.15) is 37.7 Å². The summed E-state index contributed by atoms with van der Waals surface area (Å²) in [6.45, 7) is 1.02. The second kappa shape index (κ2) is 8.11. The predicted octanol–water partition coefficient (Wildman–Crippen LogP) is 1.50. The molecule has 1 saturated heterocycles. The third-order valence-electron chi connectivity index (χ3n) is 4.47. The van der Waals surface area contributed by atoms with Crippen molar-refractivity contribution in [1.29, 1.82) is 0 Å². The van der Waals surface area contributed by atoms with E-state index in [1.54, 1.807) is 11.9 Å². The van der Waals surface area contributed by atoms with Crippen molar-refractivity contribution >= 4 is 11.8 Å². The monoisotopic (exact) mass is 318 g/mol. The summed E-state index contributed by atoms with van der Waals surface area (Å²) < 4.78 is 0. The largest absolute Gasteiger partial charge is 0.388 e. The molecule has 2 N–H and O–H groups in total. The highest BCUT2D eigenvalue weighted by Gasteiger charge is 2.35. The van der Waals surface area contributed by atoms with Crippen molar-refractivity contribution in [3.8, 4) is 0 Å². The summed E-state index contributed by atoms with van der Waals surface area (Å²) in [4.78, 5) is 25.5. The van der Waals surface area contributed by atoms with Gasteiger partial charge in [0.15, 0.2) is 0 Å². The standard InChI is InChI=1S/C18H26N2O3/c1-19-16(21)10-12-18(23)11-5-13-20(14-18)17(22)9-8-15-6-3-2-4-7-15/h2-4,6-7,23H,5,8-14H2,1H3,(H,19,21)/t18-/m1/s1. The van der Waals surface area contributed by atoms with E-state index in [1.165, 1.54) is 0 Å². The first kappa shape index (κ1) is 17.5. The highest BCUT2D eigenvalue weighted by Crippen LogP contribution is 2.26. The normalized spacial score (nSPS) is 21.0. The van der Waals surface area contributed by atoms with Crippen LogP contribution in [0.25, 0.3) is 0 Å². The maximum atomic E-state index is 12.4. The number of likely N-dealkylation sites (tertiary alicyclic amines) is 1. The average Bonchev–Trinajstić information content (AvgIpc) is 2.58. The molecule has 0 aliphatic carbocycles. The van der Waals surface area contributed by atoms with E-state index in [0.29, 0.717) is 45.2 Å². The van der Waals surface area contributed by atoms with Gasteiger partial charge in [-0.05, 0) is 31.2 Å². The third-order valence-corrected chi connectivity index (χ3v) is 4.47. The zero-order valence-electron chi connectivity index (χ0n) is 13.8. The molecule has 0 spiro atoms. The van der Waals surface area contributed by atoms with Crippen LogP contribution in [0, 0.1) is 0 Å². The molecule has 1 aliphatic rings. The topological polar surface area (TPSA) is 69.6 Å². The summed E-state index contributed by atoms with van der Waals surface area (Å²) in [6, 6.07) is 9.94. The van der Waals surface area contributed by atoms with Crippen molar-refractivity contribution in [2.45, 2.75) is 44.1 Å². The summed E-state index contributed by atoms with van der Waals surface area (Å²) in [5.74, 6) is -0.00197. The number of β-amino-alcohol motifs (C(OH)–C–C–N with tert-alkyl or cyclic N) is 1. The Hall–Kier alpha value is -1.88. The molecule has 1 aliphatic heterocycles. The van der Waals surface area contributed by atoms with Crippen LogP contribution in [0.4, 0.5) is 0 Å². The van der Waals surface area contributed by atoms with Crippen LogP contribution in [-0.4, -0.2) is 47.6 Å². The van der Waals surface area contributed by atoms with Gasteiger partial charge in [0.2, 0.25) is 11.8 Å². The Balaban J connectivity index is 1.84. The molecule has 0 bridgehead atoms. The molecule has 5 heteroatoms. The minimum Gasteiger partial charge on any atom is -0.388 e. The molecule has 1 heterocycles. The fourth-order valence-electron chi connectivity index (χ4n) is 3.05. The van der Waals surface area contributed by atoms with E-state index in [4.69, 9.17) is 0 Å². The lowest BCUT2D eigenvalue weighted by Crippen LogP contribution is -2.50. The first-order chi connectivity index (χ1) is 11.0. The van der Waals surface area contributed by atoms with Gasteiger partial charge in [-0.1, -0.05) is 30.3 Å². The maximum Gasteiger partial charge on any atom is 0.222 e. The summed E-state index contributed by atoms with van der Waals surface area (Å²) in [5, 5.41) is 13.2. The lowest BCUT2D eigenvalue weighted by Gasteiger charge is -2.39. The molecule has 1 aromatic rings. The zero-order chi connectivity index (χ0) is 16.7. The zero-order valence-corrected chi connectivity index (χ0v) is 13.8. The summed E-state index contributed by atoms with van der Waals surface area (Å²) in [5.41, 5.74) is 0.209. The van der Waals surface area contributed by atoms with Gasteiger partial charge in [0.1, 0.15) is 0 Å². The molecule has 1 fully saturated rings. The van der Waals surface area contributed by atoms with Gasteiger partial charge in [0, 0.05) is 33.0 Å². The minimum absolute atomic E-state index is 0.0759. The van der Waals surface area contributed by atoms with E-state index in [9.17, 15) is 14.7 Å². The first-order valence-corrected chi connectivity index (χ1v) is 8.27. The van der Waals surface area contributed by atoms with E-state index >= 15 is 0 Å². The first-order valence-electron chi connectivity index (χ1n) is 8.27. The number of nitrogens with zero attached hydrogens (tertiary/aromatic N) is 1. The quantitative estimate of drug-likeness (QED) is 0.835. The van der Waals surface area contributed by atoms with Crippen molar-refractivity contribution < 1.29 is 14.7 Å². The molecular weight excluding hydrogens is 292 g/mol. The number of piperidine rings is 1. The van der Waals surface area contributed by atoms with Crippen LogP contribution in [0.5, 0.6) is 0 Å². The van der Waals surface area contributed by atoms with E-state index in [1.807, 2.05) is 30.3 Å². The van der Waals surface area contributed by atoms with Crippen molar-refractivity contribution in [2.24, 2.45) is 0 Å². The van der Waals surface area contributed by atoms with Crippen LogP contribution < -0.4 is 5.32 Å². The van der Waals surface area contributed by atoms with Gasteiger partial charge >= 0.3 is 0 Å². The van der Waals surface area contributed by atoms with Crippen molar-refractivity contribution in [3.05, 3.63) is 35.9 Å². The molecule has 2 rings (SSSR count). The molecule has 1 atom stereocenters. The molecule has 1 aromatic carbocycles. The van der Waals surface area contributed by atoms with Gasteiger partial charge in [-0.2, -0.15) is 0 Å². The number of aryl methyl sites for hydroxylation is 1. The Kier molecular flexibility index (Phi) is 6.16. The molecule has 2 amide bonds. The number of aliphatic hydroxyl groups is 1. The summed E-state index contributed by atoms with van der Waals surface area (Å²) in [7, 11) is 1.59. The SMILES string of the molecule is CNC(=O)CC[C@]1(O)CCCN(C(=O)CCc2ccccc2)C1. The molecule has 0 saturated carbocycles. The number of nitrogens with one attached hydrogen (secondary N) is 1. The van der Waals surface area contributed by atoms with Gasteiger partial charge in [0.05, 0.1) is 5.60 Å². The number of rotatable bonds is 6. The Labute approximate surface area is 137 Å². The summed E-state index contributed by atoms with van der Waals surface area (Å²) in [6.07, 6.45) is 3.28. The highest BCUT2D eigenvalue weighted by atomic mass is 16.3. The fourth-order valence-corrected chi connectivity index (χ4v) is 3.05. The van der Waals surface area contributed by atoms with Crippen LogP contribution >= 0.6 is 0 Å². The van der Waals surface area contributed by atoms with Gasteiger partial charge in [-0.25, -0.2) is 0 Å². The molecule has 0 aromatic heterocycles.